The number of amides is 3. The van der Waals surface area contributed by atoms with Crippen molar-refractivity contribution in [1.82, 2.24) is 15.2 Å². The second-order valence-corrected chi connectivity index (χ2v) is 10.9. The molecule has 0 spiro atoms. The molecule has 0 bridgehead atoms. The number of hydrogen-bond donors (Lipinski definition) is 4. The van der Waals surface area contributed by atoms with Crippen LogP contribution in [0.1, 0.15) is 50.8 Å². The number of hydrogen-bond acceptors (Lipinski definition) is 5. The van der Waals surface area contributed by atoms with E-state index in [4.69, 9.17) is 9.47 Å². The van der Waals surface area contributed by atoms with E-state index < -0.39 is 6.03 Å². The molecule has 204 valence electrons. The molecule has 0 unspecified atom stereocenters. The van der Waals surface area contributed by atoms with Gasteiger partial charge in [-0.05, 0) is 32.0 Å². The zero-order valence-electron chi connectivity index (χ0n) is 23.1. The minimum absolute atomic E-state index is 0.217. The monoisotopic (exact) mass is 521 g/mol. The minimum Gasteiger partial charge on any atom is -0.492 e. The van der Waals surface area contributed by atoms with Gasteiger partial charge in [0.15, 0.2) is 0 Å². The van der Waals surface area contributed by atoms with Crippen LogP contribution in [0.4, 0.5) is 16.2 Å². The number of carbonyl (C=O) groups excluding carboxylic acids is 2. The van der Waals surface area contributed by atoms with Crippen LogP contribution in [0.15, 0.2) is 42.5 Å². The van der Waals surface area contributed by atoms with Crippen LogP contribution in [0.2, 0.25) is 0 Å². The molecule has 9 heteroatoms. The molecule has 1 aliphatic heterocycles. The molecule has 3 aromatic rings. The van der Waals surface area contributed by atoms with Gasteiger partial charge in [0.1, 0.15) is 18.1 Å². The van der Waals surface area contributed by atoms with Gasteiger partial charge >= 0.3 is 6.03 Å². The molecule has 3 amide bonds. The number of anilines is 2. The predicted molar refractivity (Wildman–Crippen MR) is 151 cm³/mol. The second-order valence-electron chi connectivity index (χ2n) is 10.9. The number of benzene rings is 2. The van der Waals surface area contributed by atoms with E-state index >= 15 is 0 Å². The molecule has 4 N–H and O–H groups in total. The quantitative estimate of drug-likeness (QED) is 0.352. The fourth-order valence-corrected chi connectivity index (χ4v) is 4.80. The Bertz CT molecular complexity index is 1290. The third-order valence-corrected chi connectivity index (χ3v) is 6.62. The Balaban J connectivity index is 1.47. The summed E-state index contributed by atoms with van der Waals surface area (Å²) in [4.78, 5) is 30.9. The Labute approximate surface area is 224 Å². The maximum Gasteiger partial charge on any atom is 0.323 e. The van der Waals surface area contributed by atoms with E-state index in [9.17, 15) is 9.59 Å². The highest BCUT2D eigenvalue weighted by atomic mass is 16.5. The standard InChI is InChI=1S/C29H39N5O4/c1-18-16-34(17-19(2)38-18)13-14-37-24-12-11-22(20-9-7-8-10-21(20)24)31-28(36)32-23-15-25(29(3,4)5)33-26(23)27(35)30-6/h7-12,15,18-19,33H,13-14,16-17H2,1-6H3,(H,30,35)(H2,31,32,36)/t18-,19-/m1/s1. The number of aromatic nitrogens is 1. The fourth-order valence-electron chi connectivity index (χ4n) is 4.80. The maximum absolute atomic E-state index is 13.0. The average molecular weight is 522 g/mol. The Morgan fingerprint density at radius 3 is 2.34 bits per heavy atom. The average Bonchev–Trinajstić information content (AvgIpc) is 3.28. The molecule has 2 atom stereocenters. The third kappa shape index (κ3) is 6.46. The highest BCUT2D eigenvalue weighted by molar-refractivity contribution is 6.09. The maximum atomic E-state index is 13.0. The van der Waals surface area contributed by atoms with E-state index in [0.29, 0.717) is 23.7 Å². The molecular formula is C29H39N5O4. The molecule has 2 aromatic carbocycles. The zero-order chi connectivity index (χ0) is 27.4. The summed E-state index contributed by atoms with van der Waals surface area (Å²) in [6.07, 6.45) is 0.435. The van der Waals surface area contributed by atoms with Gasteiger partial charge in [-0.25, -0.2) is 4.79 Å². The Hall–Kier alpha value is -3.56. The third-order valence-electron chi connectivity index (χ3n) is 6.62. The van der Waals surface area contributed by atoms with Crippen LogP contribution in [0.25, 0.3) is 10.8 Å². The highest BCUT2D eigenvalue weighted by Crippen LogP contribution is 2.32. The number of fused-ring (bicyclic) bond motifs is 1. The first kappa shape index (κ1) is 27.5. The molecule has 1 fully saturated rings. The van der Waals surface area contributed by atoms with Gasteiger partial charge in [-0.3, -0.25) is 9.69 Å². The normalized spacial score (nSPS) is 18.3. The predicted octanol–water partition coefficient (Wildman–Crippen LogP) is 4.96. The summed E-state index contributed by atoms with van der Waals surface area (Å²) in [5.41, 5.74) is 2.01. The zero-order valence-corrected chi connectivity index (χ0v) is 23.1. The SMILES string of the molecule is CNC(=O)c1[nH]c(C(C)(C)C)cc1NC(=O)Nc1ccc(OCCN2C[C@@H](C)O[C@H](C)C2)c2ccccc12. The van der Waals surface area contributed by atoms with E-state index in [2.05, 4.69) is 39.7 Å². The van der Waals surface area contributed by atoms with Crippen molar-refractivity contribution in [3.63, 3.8) is 0 Å². The van der Waals surface area contributed by atoms with Crippen molar-refractivity contribution in [3.8, 4) is 5.75 Å². The van der Waals surface area contributed by atoms with Crippen molar-refractivity contribution in [3.05, 3.63) is 53.9 Å². The second kappa shape index (κ2) is 11.4. The first-order chi connectivity index (χ1) is 18.0. The lowest BCUT2D eigenvalue weighted by Gasteiger charge is -2.35. The topological polar surface area (TPSA) is 108 Å². The summed E-state index contributed by atoms with van der Waals surface area (Å²) in [7, 11) is 1.56. The van der Waals surface area contributed by atoms with Gasteiger partial charge in [-0.1, -0.05) is 45.0 Å². The van der Waals surface area contributed by atoms with Crippen molar-refractivity contribution in [2.45, 2.75) is 52.2 Å². The summed E-state index contributed by atoms with van der Waals surface area (Å²) in [5.74, 6) is 0.465. The number of morpholine rings is 1. The van der Waals surface area contributed by atoms with Crippen molar-refractivity contribution in [2.75, 3.05) is 43.9 Å². The summed E-state index contributed by atoms with van der Waals surface area (Å²) < 4.78 is 12.0. The minimum atomic E-state index is -0.441. The highest BCUT2D eigenvalue weighted by Gasteiger charge is 2.24. The lowest BCUT2D eigenvalue weighted by molar-refractivity contribution is -0.0699. The molecule has 0 aliphatic carbocycles. The number of urea groups is 1. The van der Waals surface area contributed by atoms with Crippen LogP contribution in [0, 0.1) is 0 Å². The number of H-pyrrole nitrogens is 1. The number of aromatic amines is 1. The van der Waals surface area contributed by atoms with Crippen molar-refractivity contribution in [1.29, 1.82) is 0 Å². The summed E-state index contributed by atoms with van der Waals surface area (Å²) in [6.45, 7) is 13.5. The van der Waals surface area contributed by atoms with E-state index in [0.717, 1.165) is 41.9 Å². The summed E-state index contributed by atoms with van der Waals surface area (Å²) in [6, 6.07) is 12.9. The number of carbonyl (C=O) groups is 2. The molecule has 1 aliphatic rings. The molecule has 1 aromatic heterocycles. The fraction of sp³-hybridized carbons (Fsp3) is 0.448. The Kier molecular flexibility index (Phi) is 8.28. The largest absolute Gasteiger partial charge is 0.492 e. The number of rotatable bonds is 7. The Morgan fingerprint density at radius 1 is 1.03 bits per heavy atom. The van der Waals surface area contributed by atoms with Crippen molar-refractivity contribution < 1.29 is 19.1 Å². The number of nitrogens with one attached hydrogen (secondary N) is 4. The van der Waals surface area contributed by atoms with Gasteiger partial charge in [0.25, 0.3) is 5.91 Å². The lowest BCUT2D eigenvalue weighted by Crippen LogP contribution is -2.46. The number of nitrogens with zero attached hydrogens (tertiary/aromatic N) is 1. The van der Waals surface area contributed by atoms with Crippen LogP contribution in [0.5, 0.6) is 5.75 Å². The first-order valence-corrected chi connectivity index (χ1v) is 13.1. The summed E-state index contributed by atoms with van der Waals surface area (Å²) in [5, 5.41) is 10.2. The van der Waals surface area contributed by atoms with E-state index in [1.807, 2.05) is 57.2 Å². The number of ether oxygens (including phenoxy) is 2. The summed E-state index contributed by atoms with van der Waals surface area (Å²) >= 11 is 0. The van der Waals surface area contributed by atoms with E-state index in [1.165, 1.54) is 0 Å². The smallest absolute Gasteiger partial charge is 0.323 e. The molecule has 9 nitrogen and oxygen atoms in total. The van der Waals surface area contributed by atoms with Crippen LogP contribution < -0.4 is 20.7 Å². The van der Waals surface area contributed by atoms with E-state index in [1.54, 1.807) is 13.1 Å². The molecule has 2 heterocycles. The van der Waals surface area contributed by atoms with Crippen LogP contribution >= 0.6 is 0 Å². The van der Waals surface area contributed by atoms with Crippen LogP contribution in [0.3, 0.4) is 0 Å². The molecule has 38 heavy (non-hydrogen) atoms. The van der Waals surface area contributed by atoms with Crippen LogP contribution in [-0.2, 0) is 10.2 Å². The van der Waals surface area contributed by atoms with Gasteiger partial charge < -0.3 is 30.4 Å². The van der Waals surface area contributed by atoms with Gasteiger partial charge in [-0.15, -0.1) is 0 Å². The molecule has 1 saturated heterocycles. The van der Waals surface area contributed by atoms with Crippen LogP contribution in [-0.4, -0.2) is 67.3 Å². The van der Waals surface area contributed by atoms with Gasteiger partial charge in [-0.2, -0.15) is 0 Å². The molecular weight excluding hydrogens is 482 g/mol. The molecule has 0 saturated carbocycles. The lowest BCUT2D eigenvalue weighted by atomic mass is 9.92. The van der Waals surface area contributed by atoms with Gasteiger partial charge in [0.05, 0.1) is 23.6 Å². The Morgan fingerprint density at radius 2 is 1.68 bits per heavy atom. The van der Waals surface area contributed by atoms with Crippen molar-refractivity contribution >= 4 is 34.1 Å². The molecule has 0 radical (unpaired) electrons. The van der Waals surface area contributed by atoms with Gasteiger partial charge in [0, 0.05) is 48.6 Å². The first-order valence-electron chi connectivity index (χ1n) is 13.1. The van der Waals surface area contributed by atoms with E-state index in [-0.39, 0.29) is 23.5 Å². The molecule has 4 rings (SSSR count). The van der Waals surface area contributed by atoms with Gasteiger partial charge in [0.2, 0.25) is 0 Å². The van der Waals surface area contributed by atoms with Crippen molar-refractivity contribution in [2.24, 2.45) is 0 Å².